The van der Waals surface area contributed by atoms with E-state index in [-0.39, 0.29) is 5.54 Å². The molecule has 0 radical (unpaired) electrons. The maximum absolute atomic E-state index is 5.83. The number of hydrogen-bond acceptors (Lipinski definition) is 3. The first-order chi connectivity index (χ1) is 7.26. The van der Waals surface area contributed by atoms with Crippen LogP contribution in [0.25, 0.3) is 0 Å². The van der Waals surface area contributed by atoms with Gasteiger partial charge in [-0.2, -0.15) is 0 Å². The van der Waals surface area contributed by atoms with Crippen molar-refractivity contribution in [2.45, 2.75) is 37.6 Å². The summed E-state index contributed by atoms with van der Waals surface area (Å²) in [5, 5.41) is 3.54. The first-order valence-corrected chi connectivity index (χ1v) is 6.34. The lowest BCUT2D eigenvalue weighted by Gasteiger charge is -2.59. The fourth-order valence-corrected chi connectivity index (χ4v) is 5.02. The first kappa shape index (κ1) is 8.43. The molecule has 4 saturated carbocycles. The lowest BCUT2D eigenvalue weighted by atomic mass is 9.48. The Labute approximate surface area is 90.5 Å². The number of nitrogens with one attached hydrogen (secondary N) is 1. The number of hydrogen-bond donors (Lipinski definition) is 2. The van der Waals surface area contributed by atoms with Crippen LogP contribution in [-0.2, 0) is 0 Å². The van der Waals surface area contributed by atoms with Crippen molar-refractivity contribution in [3.8, 4) is 0 Å². The van der Waals surface area contributed by atoms with Crippen LogP contribution in [0, 0.1) is 23.7 Å². The van der Waals surface area contributed by atoms with Gasteiger partial charge in [0.05, 0.1) is 12.1 Å². The first-order valence-electron chi connectivity index (χ1n) is 6.34. The standard InChI is InChI=1S/C12H19N3/c13-11-14-6-12(15-11)9-2-7-1-8(4-9)5-10(12)3-7/h7-10H,1-6H2,(H3,13,14,15). The summed E-state index contributed by atoms with van der Waals surface area (Å²) in [6.07, 6.45) is 7.25. The molecule has 5 rings (SSSR count). The Hall–Kier alpha value is -0.730. The summed E-state index contributed by atoms with van der Waals surface area (Å²) >= 11 is 0. The third kappa shape index (κ3) is 0.943. The van der Waals surface area contributed by atoms with Crippen molar-refractivity contribution in [2.24, 2.45) is 34.4 Å². The molecule has 1 heterocycles. The van der Waals surface area contributed by atoms with E-state index in [2.05, 4.69) is 10.3 Å². The van der Waals surface area contributed by atoms with Gasteiger partial charge in [0.2, 0.25) is 0 Å². The Morgan fingerprint density at radius 1 is 1.07 bits per heavy atom. The van der Waals surface area contributed by atoms with E-state index in [0.29, 0.717) is 5.96 Å². The third-order valence-electron chi connectivity index (χ3n) is 5.47. The molecule has 0 aromatic carbocycles. The molecule has 0 aromatic rings. The Bertz CT molecular complexity index is 306. The molecule has 3 heteroatoms. The molecule has 4 bridgehead atoms. The van der Waals surface area contributed by atoms with E-state index >= 15 is 0 Å². The number of nitrogens with two attached hydrogens (primary N) is 1. The van der Waals surface area contributed by atoms with Crippen molar-refractivity contribution in [2.75, 3.05) is 6.54 Å². The summed E-state index contributed by atoms with van der Waals surface area (Å²) in [6.45, 7) is 0.952. The monoisotopic (exact) mass is 205 g/mol. The second kappa shape index (κ2) is 2.50. The lowest BCUT2D eigenvalue weighted by Crippen LogP contribution is -2.65. The zero-order valence-corrected chi connectivity index (χ0v) is 9.08. The summed E-state index contributed by atoms with van der Waals surface area (Å²) in [7, 11) is 0. The molecule has 1 spiro atoms. The van der Waals surface area contributed by atoms with Crippen molar-refractivity contribution in [1.82, 2.24) is 5.32 Å². The average Bonchev–Trinajstić information content (AvgIpc) is 2.57. The topological polar surface area (TPSA) is 50.4 Å². The summed E-state index contributed by atoms with van der Waals surface area (Å²) < 4.78 is 0. The van der Waals surface area contributed by atoms with Crippen LogP contribution >= 0.6 is 0 Å². The van der Waals surface area contributed by atoms with Gasteiger partial charge in [-0.15, -0.1) is 0 Å². The number of nitrogens with zero attached hydrogens (tertiary/aromatic N) is 1. The van der Waals surface area contributed by atoms with Crippen molar-refractivity contribution >= 4 is 5.96 Å². The van der Waals surface area contributed by atoms with Crippen LogP contribution in [0.4, 0.5) is 0 Å². The number of rotatable bonds is 0. The molecule has 15 heavy (non-hydrogen) atoms. The average molecular weight is 205 g/mol. The van der Waals surface area contributed by atoms with Gasteiger partial charge >= 0.3 is 0 Å². The van der Waals surface area contributed by atoms with Gasteiger partial charge in [0, 0.05) is 0 Å². The predicted molar refractivity (Wildman–Crippen MR) is 59.4 cm³/mol. The molecule has 0 unspecified atom stereocenters. The van der Waals surface area contributed by atoms with E-state index in [4.69, 9.17) is 5.73 Å². The molecule has 0 saturated heterocycles. The smallest absolute Gasteiger partial charge is 0.189 e. The van der Waals surface area contributed by atoms with Gasteiger partial charge in [-0.05, 0) is 55.8 Å². The zero-order chi connectivity index (χ0) is 10.0. The van der Waals surface area contributed by atoms with Crippen LogP contribution in [0.15, 0.2) is 4.99 Å². The van der Waals surface area contributed by atoms with Crippen molar-refractivity contribution in [3.63, 3.8) is 0 Å². The zero-order valence-electron chi connectivity index (χ0n) is 9.08. The van der Waals surface area contributed by atoms with E-state index in [1.165, 1.54) is 32.1 Å². The third-order valence-corrected chi connectivity index (χ3v) is 5.47. The molecule has 0 aromatic heterocycles. The molecule has 3 N–H and O–H groups in total. The maximum atomic E-state index is 5.83. The molecule has 0 amide bonds. The van der Waals surface area contributed by atoms with Crippen LogP contribution in [-0.4, -0.2) is 18.0 Å². The van der Waals surface area contributed by atoms with Crippen LogP contribution < -0.4 is 11.1 Å². The van der Waals surface area contributed by atoms with E-state index in [1.54, 1.807) is 0 Å². The van der Waals surface area contributed by atoms with Crippen LogP contribution in [0.3, 0.4) is 0 Å². The fraction of sp³-hybridized carbons (Fsp3) is 0.917. The normalized spacial score (nSPS) is 55.9. The highest BCUT2D eigenvalue weighted by atomic mass is 15.2. The summed E-state index contributed by atoms with van der Waals surface area (Å²) in [6, 6.07) is 0. The molecule has 5 aliphatic rings. The highest BCUT2D eigenvalue weighted by molar-refractivity contribution is 5.81. The van der Waals surface area contributed by atoms with Gasteiger partial charge in [-0.1, -0.05) is 0 Å². The quantitative estimate of drug-likeness (QED) is 0.622. The van der Waals surface area contributed by atoms with E-state index in [0.717, 1.165) is 30.2 Å². The van der Waals surface area contributed by atoms with Gasteiger partial charge in [-0.25, -0.2) is 0 Å². The SMILES string of the molecule is NC1=NCC2(N1)C1CC3CC(C1)CC2C3. The Balaban J connectivity index is 1.71. The largest absolute Gasteiger partial charge is 0.370 e. The van der Waals surface area contributed by atoms with Gasteiger partial charge < -0.3 is 11.1 Å². The van der Waals surface area contributed by atoms with E-state index in [9.17, 15) is 0 Å². The lowest BCUT2D eigenvalue weighted by molar-refractivity contribution is -0.0565. The minimum atomic E-state index is 0.289. The van der Waals surface area contributed by atoms with E-state index in [1.807, 2.05) is 0 Å². The molecule has 3 nitrogen and oxygen atoms in total. The van der Waals surface area contributed by atoms with Crippen LogP contribution in [0.2, 0.25) is 0 Å². The Morgan fingerprint density at radius 2 is 1.67 bits per heavy atom. The molecule has 82 valence electrons. The van der Waals surface area contributed by atoms with Gasteiger partial charge in [0.15, 0.2) is 5.96 Å². The van der Waals surface area contributed by atoms with Crippen LogP contribution in [0.5, 0.6) is 0 Å². The molecule has 0 atom stereocenters. The van der Waals surface area contributed by atoms with Gasteiger partial charge in [0.25, 0.3) is 0 Å². The summed E-state index contributed by atoms with van der Waals surface area (Å²) in [5.41, 5.74) is 6.12. The van der Waals surface area contributed by atoms with Gasteiger partial charge in [0.1, 0.15) is 0 Å². The Kier molecular flexibility index (Phi) is 1.40. The molecule has 1 aliphatic heterocycles. The van der Waals surface area contributed by atoms with Crippen molar-refractivity contribution in [3.05, 3.63) is 0 Å². The van der Waals surface area contributed by atoms with Gasteiger partial charge in [-0.3, -0.25) is 4.99 Å². The molecule has 4 fully saturated rings. The van der Waals surface area contributed by atoms with Crippen LogP contribution in [0.1, 0.15) is 32.1 Å². The van der Waals surface area contributed by atoms with E-state index < -0.39 is 0 Å². The second-order valence-electron chi connectivity index (χ2n) is 6.17. The number of guanidine groups is 1. The second-order valence-corrected chi connectivity index (χ2v) is 6.17. The highest BCUT2D eigenvalue weighted by Gasteiger charge is 2.58. The minimum absolute atomic E-state index is 0.289. The maximum Gasteiger partial charge on any atom is 0.189 e. The Morgan fingerprint density at radius 3 is 2.13 bits per heavy atom. The summed E-state index contributed by atoms with van der Waals surface area (Å²) in [4.78, 5) is 4.42. The van der Waals surface area contributed by atoms with Crippen molar-refractivity contribution < 1.29 is 0 Å². The fourth-order valence-electron chi connectivity index (χ4n) is 5.02. The molecule has 4 aliphatic carbocycles. The predicted octanol–water partition coefficient (Wildman–Crippen LogP) is 1.10. The summed E-state index contributed by atoms with van der Waals surface area (Å²) in [5.74, 6) is 4.48. The minimum Gasteiger partial charge on any atom is -0.370 e. The molecular formula is C12H19N3. The highest BCUT2D eigenvalue weighted by Crippen LogP contribution is 2.58. The van der Waals surface area contributed by atoms with Crippen molar-refractivity contribution in [1.29, 1.82) is 0 Å². The molecular weight excluding hydrogens is 186 g/mol. The number of aliphatic imine (C=N–C) groups is 1.